The van der Waals surface area contributed by atoms with Crippen molar-refractivity contribution in [2.24, 2.45) is 0 Å². The van der Waals surface area contributed by atoms with E-state index in [2.05, 4.69) is 5.32 Å². The fourth-order valence-corrected chi connectivity index (χ4v) is 3.14. The summed E-state index contributed by atoms with van der Waals surface area (Å²) in [7, 11) is 0. The van der Waals surface area contributed by atoms with Crippen LogP contribution in [0.1, 0.15) is 45.7 Å². The van der Waals surface area contributed by atoms with Crippen LogP contribution in [0.5, 0.6) is 0 Å². The molecule has 1 aromatic rings. The first-order chi connectivity index (χ1) is 10.7. The molecular weight excluding hydrogens is 335 g/mol. The number of hydrogen-bond acceptors (Lipinski definition) is 3. The summed E-state index contributed by atoms with van der Waals surface area (Å²) >= 11 is 12.3. The largest absolute Gasteiger partial charge is 0.444 e. The van der Waals surface area contributed by atoms with E-state index in [9.17, 15) is 4.79 Å². The molecule has 1 aliphatic rings. The molecule has 23 heavy (non-hydrogen) atoms. The molecule has 0 bridgehead atoms. The highest BCUT2D eigenvalue weighted by Gasteiger charge is 2.30. The number of amides is 1. The second kappa shape index (κ2) is 7.29. The SMILES string of the molecule is CC(NC1CCN(C(=O)OC(C)(C)C)C1)c1cc(Cl)ccc1Cl. The highest BCUT2D eigenvalue weighted by molar-refractivity contribution is 6.33. The van der Waals surface area contributed by atoms with Crippen molar-refractivity contribution in [3.63, 3.8) is 0 Å². The summed E-state index contributed by atoms with van der Waals surface area (Å²) in [6.45, 7) is 9.01. The lowest BCUT2D eigenvalue weighted by atomic mass is 10.1. The fourth-order valence-electron chi connectivity index (χ4n) is 2.68. The summed E-state index contributed by atoms with van der Waals surface area (Å²) < 4.78 is 5.42. The van der Waals surface area contributed by atoms with Gasteiger partial charge in [0.1, 0.15) is 5.60 Å². The van der Waals surface area contributed by atoms with Crippen LogP contribution in [0.25, 0.3) is 0 Å². The summed E-state index contributed by atoms with van der Waals surface area (Å²) in [6.07, 6.45) is 0.636. The second-order valence-corrected chi connectivity index (χ2v) is 7.81. The molecule has 1 aliphatic heterocycles. The van der Waals surface area contributed by atoms with Crippen molar-refractivity contribution in [1.82, 2.24) is 10.2 Å². The van der Waals surface area contributed by atoms with Gasteiger partial charge >= 0.3 is 6.09 Å². The highest BCUT2D eigenvalue weighted by atomic mass is 35.5. The predicted molar refractivity (Wildman–Crippen MR) is 94.2 cm³/mol. The van der Waals surface area contributed by atoms with Crippen LogP contribution in [-0.2, 0) is 4.74 Å². The van der Waals surface area contributed by atoms with Crippen molar-refractivity contribution < 1.29 is 9.53 Å². The number of nitrogens with zero attached hydrogens (tertiary/aromatic N) is 1. The van der Waals surface area contributed by atoms with Gasteiger partial charge in [-0.25, -0.2) is 4.79 Å². The number of rotatable bonds is 3. The second-order valence-electron chi connectivity index (χ2n) is 6.97. The van der Waals surface area contributed by atoms with E-state index >= 15 is 0 Å². The number of nitrogens with one attached hydrogen (secondary N) is 1. The molecule has 2 atom stereocenters. The third-order valence-corrected chi connectivity index (χ3v) is 4.33. The van der Waals surface area contributed by atoms with E-state index in [0.717, 1.165) is 12.0 Å². The van der Waals surface area contributed by atoms with Crippen molar-refractivity contribution in [1.29, 1.82) is 0 Å². The summed E-state index contributed by atoms with van der Waals surface area (Å²) in [5.74, 6) is 0. The molecule has 0 saturated carbocycles. The Morgan fingerprint density at radius 2 is 2.09 bits per heavy atom. The minimum Gasteiger partial charge on any atom is -0.444 e. The number of carbonyl (C=O) groups is 1. The van der Waals surface area contributed by atoms with Gasteiger partial charge in [0.15, 0.2) is 0 Å². The molecule has 1 N–H and O–H groups in total. The molecule has 1 fully saturated rings. The van der Waals surface area contributed by atoms with Gasteiger partial charge < -0.3 is 15.0 Å². The molecule has 4 nitrogen and oxygen atoms in total. The van der Waals surface area contributed by atoms with Crippen LogP contribution in [0.3, 0.4) is 0 Å². The number of likely N-dealkylation sites (tertiary alicyclic amines) is 1. The van der Waals surface area contributed by atoms with Gasteiger partial charge in [0, 0.05) is 35.2 Å². The fraction of sp³-hybridized carbons (Fsp3) is 0.588. The Morgan fingerprint density at radius 1 is 1.39 bits per heavy atom. The van der Waals surface area contributed by atoms with Crippen LogP contribution >= 0.6 is 23.2 Å². The normalized spacial score (nSPS) is 19.7. The molecule has 1 heterocycles. The number of benzene rings is 1. The first-order valence-electron chi connectivity index (χ1n) is 7.84. The number of halogens is 2. The van der Waals surface area contributed by atoms with Crippen LogP contribution in [0.15, 0.2) is 18.2 Å². The third-order valence-electron chi connectivity index (χ3n) is 3.75. The van der Waals surface area contributed by atoms with Gasteiger partial charge in [0.25, 0.3) is 0 Å². The lowest BCUT2D eigenvalue weighted by Gasteiger charge is -2.25. The predicted octanol–water partition coefficient (Wildman–Crippen LogP) is 4.65. The maximum atomic E-state index is 12.1. The van der Waals surface area contributed by atoms with Crippen molar-refractivity contribution in [3.8, 4) is 0 Å². The van der Waals surface area contributed by atoms with Gasteiger partial charge in [0.05, 0.1) is 0 Å². The molecule has 2 unspecified atom stereocenters. The molecule has 0 spiro atoms. The Hall–Kier alpha value is -0.970. The first kappa shape index (κ1) is 18.4. The van der Waals surface area contributed by atoms with E-state index in [0.29, 0.717) is 23.1 Å². The third kappa shape index (κ3) is 5.27. The summed E-state index contributed by atoms with van der Waals surface area (Å²) in [5, 5.41) is 4.88. The summed E-state index contributed by atoms with van der Waals surface area (Å²) in [5.41, 5.74) is 0.499. The molecule has 128 valence electrons. The molecule has 0 radical (unpaired) electrons. The van der Waals surface area contributed by atoms with Crippen LogP contribution in [0.4, 0.5) is 4.79 Å². The monoisotopic (exact) mass is 358 g/mol. The maximum absolute atomic E-state index is 12.1. The molecule has 1 aromatic carbocycles. The Balaban J connectivity index is 1.92. The average Bonchev–Trinajstić information content (AvgIpc) is 2.88. The Labute approximate surface area is 148 Å². The zero-order valence-electron chi connectivity index (χ0n) is 14.0. The molecule has 1 amide bonds. The quantitative estimate of drug-likeness (QED) is 0.854. The van der Waals surface area contributed by atoms with E-state index in [-0.39, 0.29) is 18.2 Å². The van der Waals surface area contributed by atoms with E-state index in [1.54, 1.807) is 17.0 Å². The van der Waals surface area contributed by atoms with Crippen molar-refractivity contribution in [3.05, 3.63) is 33.8 Å². The van der Waals surface area contributed by atoms with Gasteiger partial charge in [-0.1, -0.05) is 23.2 Å². The molecule has 1 saturated heterocycles. The van der Waals surface area contributed by atoms with Gasteiger partial charge in [-0.3, -0.25) is 0 Å². The molecule has 0 aromatic heterocycles. The van der Waals surface area contributed by atoms with Gasteiger partial charge in [-0.05, 0) is 57.9 Å². The summed E-state index contributed by atoms with van der Waals surface area (Å²) in [4.78, 5) is 13.8. The lowest BCUT2D eigenvalue weighted by molar-refractivity contribution is 0.0290. The highest BCUT2D eigenvalue weighted by Crippen LogP contribution is 2.27. The maximum Gasteiger partial charge on any atom is 0.410 e. The van der Waals surface area contributed by atoms with Crippen molar-refractivity contribution in [2.75, 3.05) is 13.1 Å². The van der Waals surface area contributed by atoms with Crippen LogP contribution < -0.4 is 5.32 Å². The number of ether oxygens (including phenoxy) is 1. The minimum absolute atomic E-state index is 0.0600. The molecule has 0 aliphatic carbocycles. The lowest BCUT2D eigenvalue weighted by Crippen LogP contribution is -2.39. The van der Waals surface area contributed by atoms with Crippen LogP contribution in [0.2, 0.25) is 10.0 Å². The first-order valence-corrected chi connectivity index (χ1v) is 8.60. The zero-order chi connectivity index (χ0) is 17.2. The smallest absolute Gasteiger partial charge is 0.410 e. The topological polar surface area (TPSA) is 41.6 Å². The number of hydrogen-bond donors (Lipinski definition) is 1. The minimum atomic E-state index is -0.468. The summed E-state index contributed by atoms with van der Waals surface area (Å²) in [6, 6.07) is 5.73. The van der Waals surface area contributed by atoms with Crippen molar-refractivity contribution >= 4 is 29.3 Å². The van der Waals surface area contributed by atoms with E-state index < -0.39 is 5.60 Å². The Bertz CT molecular complexity index is 572. The molecular formula is C17H24Cl2N2O2. The standard InChI is InChI=1S/C17H24Cl2N2O2/c1-11(14-9-12(18)5-6-15(14)19)20-13-7-8-21(10-13)16(22)23-17(2,3)4/h5-6,9,11,13,20H,7-8,10H2,1-4H3. The van der Waals surface area contributed by atoms with Gasteiger partial charge in [-0.2, -0.15) is 0 Å². The Kier molecular flexibility index (Phi) is 5.82. The van der Waals surface area contributed by atoms with Crippen LogP contribution in [-0.4, -0.2) is 35.7 Å². The molecule has 2 rings (SSSR count). The average molecular weight is 359 g/mol. The Morgan fingerprint density at radius 3 is 2.74 bits per heavy atom. The van der Waals surface area contributed by atoms with Gasteiger partial charge in [-0.15, -0.1) is 0 Å². The van der Waals surface area contributed by atoms with E-state index in [1.807, 2.05) is 33.8 Å². The van der Waals surface area contributed by atoms with Gasteiger partial charge in [0.2, 0.25) is 0 Å². The van der Waals surface area contributed by atoms with E-state index in [1.165, 1.54) is 0 Å². The van der Waals surface area contributed by atoms with Crippen molar-refractivity contribution in [2.45, 2.75) is 51.8 Å². The van der Waals surface area contributed by atoms with E-state index in [4.69, 9.17) is 27.9 Å². The zero-order valence-corrected chi connectivity index (χ0v) is 15.5. The van der Waals surface area contributed by atoms with Crippen LogP contribution in [0, 0.1) is 0 Å². The molecule has 6 heteroatoms. The number of carbonyl (C=O) groups excluding carboxylic acids is 1.